The van der Waals surface area contributed by atoms with Gasteiger partial charge in [0.1, 0.15) is 48.3 Å². The van der Waals surface area contributed by atoms with Gasteiger partial charge in [-0.1, -0.05) is 44.2 Å². The molecule has 0 spiro atoms. The second kappa shape index (κ2) is 33.5. The molecule has 0 unspecified atom stereocenters. The van der Waals surface area contributed by atoms with Crippen LogP contribution in [0.15, 0.2) is 35.3 Å². The van der Waals surface area contributed by atoms with E-state index in [1.54, 1.807) is 50.4 Å². The average molecular weight is 1040 g/mol. The Morgan fingerprint density at radius 1 is 0.583 bits per heavy atom. The quantitative estimate of drug-likeness (QED) is 0.0179. The van der Waals surface area contributed by atoms with Crippen LogP contribution < -0.4 is 65.5 Å². The van der Waals surface area contributed by atoms with Gasteiger partial charge in [-0.05, 0) is 81.9 Å². The van der Waals surface area contributed by atoms with Gasteiger partial charge in [-0.15, -0.1) is 0 Å². The fraction of sp³-hybridized carbons (Fsp3) is 0.600. The van der Waals surface area contributed by atoms with E-state index in [4.69, 9.17) is 22.9 Å². The first-order chi connectivity index (χ1) is 33.9. The lowest BCUT2D eigenvalue weighted by Gasteiger charge is -2.27. The van der Waals surface area contributed by atoms with Crippen LogP contribution in [0.25, 0.3) is 0 Å². The number of aliphatic carboxylic acids is 2. The topological polar surface area (TPSA) is 441 Å². The van der Waals surface area contributed by atoms with Crippen LogP contribution in [0.1, 0.15) is 91.0 Å². The summed E-state index contributed by atoms with van der Waals surface area (Å²) in [6.45, 7) is 6.20. The molecule has 0 aliphatic heterocycles. The number of carbonyl (C=O) groups is 11. The van der Waals surface area contributed by atoms with Crippen molar-refractivity contribution in [1.29, 1.82) is 0 Å². The van der Waals surface area contributed by atoms with Crippen LogP contribution in [0.2, 0.25) is 0 Å². The molecular formula is C45H73N13O13S. The van der Waals surface area contributed by atoms with E-state index in [0.717, 1.165) is 6.92 Å². The van der Waals surface area contributed by atoms with Gasteiger partial charge in [-0.2, -0.15) is 11.8 Å². The summed E-state index contributed by atoms with van der Waals surface area (Å²) in [6.07, 6.45) is 0.695. The zero-order valence-electron chi connectivity index (χ0n) is 41.3. The Kier molecular flexibility index (Phi) is 29.3. The number of rotatable bonds is 35. The molecule has 0 saturated heterocycles. The molecule has 0 aromatic heterocycles. The second-order valence-electron chi connectivity index (χ2n) is 17.2. The summed E-state index contributed by atoms with van der Waals surface area (Å²) >= 11 is 1.31. The largest absolute Gasteiger partial charge is 0.481 e. The molecule has 0 bridgehead atoms. The van der Waals surface area contributed by atoms with Crippen molar-refractivity contribution in [1.82, 2.24) is 42.5 Å². The number of carboxylic acid groups (broad SMARTS) is 2. The van der Waals surface area contributed by atoms with Crippen LogP contribution in [0.5, 0.6) is 0 Å². The third-order valence-electron chi connectivity index (χ3n) is 10.7. The molecule has 26 nitrogen and oxygen atoms in total. The van der Waals surface area contributed by atoms with Crippen molar-refractivity contribution in [3.05, 3.63) is 35.9 Å². The monoisotopic (exact) mass is 1040 g/mol. The third kappa shape index (κ3) is 25.2. The smallest absolute Gasteiger partial charge is 0.305 e. The lowest BCUT2D eigenvalue weighted by atomic mass is 10.0. The average Bonchev–Trinajstić information content (AvgIpc) is 3.30. The van der Waals surface area contributed by atoms with E-state index in [9.17, 15) is 63.0 Å². The number of guanidine groups is 1. The number of hydrogen-bond acceptors (Lipinski definition) is 14. The normalized spacial score (nSPS) is 14.2. The van der Waals surface area contributed by atoms with Crippen molar-refractivity contribution in [3.8, 4) is 0 Å². The fourth-order valence-electron chi connectivity index (χ4n) is 6.82. The van der Waals surface area contributed by atoms with E-state index in [1.165, 1.54) is 18.7 Å². The highest BCUT2D eigenvalue weighted by atomic mass is 32.2. The SMILES string of the molecule is CSCC[C@H](NC(=O)[C@H](CCCCN)NC(=O)[C@@H](NC(C)=O)C(C)C)C(=O)N[C@@H](CC(=O)O)C(=O)N[C@@H](C)C(=O)N[C@@H](CCC(=O)O)C(=O)N[C@@H](Cc1ccccc1)C(=O)N[C@@H](CCCN=C(N)N)C(N)=O. The van der Waals surface area contributed by atoms with Crippen molar-refractivity contribution in [2.45, 2.75) is 140 Å². The number of aliphatic imine (C=N–C) groups is 1. The number of benzene rings is 1. The van der Waals surface area contributed by atoms with E-state index in [0.29, 0.717) is 24.2 Å². The Balaban J connectivity index is 3.36. The summed E-state index contributed by atoms with van der Waals surface area (Å²) < 4.78 is 0. The van der Waals surface area contributed by atoms with Gasteiger partial charge in [0.25, 0.3) is 0 Å². The van der Waals surface area contributed by atoms with Gasteiger partial charge in [0, 0.05) is 26.3 Å². The first-order valence-electron chi connectivity index (χ1n) is 23.3. The predicted molar refractivity (Wildman–Crippen MR) is 266 cm³/mol. The van der Waals surface area contributed by atoms with Gasteiger partial charge in [-0.25, -0.2) is 0 Å². The van der Waals surface area contributed by atoms with Gasteiger partial charge < -0.3 is 75.7 Å². The number of carbonyl (C=O) groups excluding carboxylic acids is 9. The van der Waals surface area contributed by atoms with Crippen molar-refractivity contribution in [2.75, 3.05) is 25.1 Å². The third-order valence-corrected chi connectivity index (χ3v) is 11.3. The molecule has 72 heavy (non-hydrogen) atoms. The molecule has 402 valence electrons. The van der Waals surface area contributed by atoms with Crippen molar-refractivity contribution in [3.63, 3.8) is 0 Å². The molecule has 0 heterocycles. The number of unbranched alkanes of at least 4 members (excludes halogenated alkanes) is 1. The number of carboxylic acids is 2. The minimum Gasteiger partial charge on any atom is -0.481 e. The van der Waals surface area contributed by atoms with Crippen LogP contribution in [0, 0.1) is 5.92 Å². The Bertz CT molecular complexity index is 2040. The molecule has 0 aliphatic carbocycles. The molecule has 0 fully saturated rings. The standard InChI is InChI=1S/C45H73N13O13S/c1-24(2)36(52-26(4)59)44(71)56-29(14-9-10-19-46)39(66)55-31(18-21-72-5)41(68)58-33(23-35(62)63)42(69)51-25(3)38(65)54-30(16-17-34(60)61)40(67)57-32(22-27-12-7-6-8-13-27)43(70)53-28(37(47)64)15-11-20-50-45(48)49/h6-8,12-13,24-25,28-33,36H,9-11,14-23,46H2,1-5H3,(H2,47,64)(H,51,69)(H,52,59)(H,53,70)(H,54,65)(H,55,66)(H,56,71)(H,57,67)(H,58,68)(H,60,61)(H,62,63)(H4,48,49,50)/t25-,28-,29-,30-,31-,32-,33-,36-/m0/s1. The molecule has 27 heteroatoms. The highest BCUT2D eigenvalue weighted by molar-refractivity contribution is 7.98. The van der Waals surface area contributed by atoms with Gasteiger partial charge in [0.2, 0.25) is 53.2 Å². The minimum atomic E-state index is -1.83. The maximum absolute atomic E-state index is 13.9. The Hall–Kier alpha value is -7.03. The summed E-state index contributed by atoms with van der Waals surface area (Å²) in [5.41, 5.74) is 22.5. The lowest BCUT2D eigenvalue weighted by molar-refractivity contribution is -0.142. The maximum Gasteiger partial charge on any atom is 0.305 e. The summed E-state index contributed by atoms with van der Waals surface area (Å²) in [6, 6.07) is -2.80. The summed E-state index contributed by atoms with van der Waals surface area (Å²) in [4.78, 5) is 147. The van der Waals surface area contributed by atoms with Crippen LogP contribution in [0.4, 0.5) is 0 Å². The zero-order valence-corrected chi connectivity index (χ0v) is 42.1. The maximum atomic E-state index is 13.9. The highest BCUT2D eigenvalue weighted by Gasteiger charge is 2.35. The van der Waals surface area contributed by atoms with Crippen molar-refractivity contribution >= 4 is 82.8 Å². The number of nitrogens with zero attached hydrogens (tertiary/aromatic N) is 1. The van der Waals surface area contributed by atoms with E-state index in [-0.39, 0.29) is 57.1 Å². The lowest BCUT2D eigenvalue weighted by Crippen LogP contribution is -2.60. The van der Waals surface area contributed by atoms with E-state index < -0.39 is 133 Å². The van der Waals surface area contributed by atoms with Gasteiger partial charge in [0.15, 0.2) is 5.96 Å². The van der Waals surface area contributed by atoms with Crippen molar-refractivity contribution in [2.24, 2.45) is 33.8 Å². The van der Waals surface area contributed by atoms with Crippen LogP contribution >= 0.6 is 11.8 Å². The minimum absolute atomic E-state index is 0.0109. The van der Waals surface area contributed by atoms with Crippen molar-refractivity contribution < 1.29 is 63.0 Å². The fourth-order valence-corrected chi connectivity index (χ4v) is 7.29. The Morgan fingerprint density at radius 3 is 1.61 bits per heavy atom. The molecule has 9 amide bonds. The molecule has 0 saturated carbocycles. The number of hydrogen-bond donors (Lipinski definition) is 14. The van der Waals surface area contributed by atoms with Gasteiger partial charge >= 0.3 is 11.9 Å². The Morgan fingerprint density at radius 2 is 1.08 bits per heavy atom. The predicted octanol–water partition coefficient (Wildman–Crippen LogP) is -3.44. The molecular weight excluding hydrogens is 963 g/mol. The van der Waals surface area contributed by atoms with E-state index in [1.807, 2.05) is 0 Å². The number of nitrogens with two attached hydrogens (primary N) is 4. The Labute approximate surface area is 422 Å². The zero-order chi connectivity index (χ0) is 54.5. The molecule has 1 aromatic carbocycles. The summed E-state index contributed by atoms with van der Waals surface area (Å²) in [7, 11) is 0. The van der Waals surface area contributed by atoms with E-state index >= 15 is 0 Å². The summed E-state index contributed by atoms with van der Waals surface area (Å²) in [5.74, 6) is -11.0. The molecule has 8 atom stereocenters. The number of thioether (sulfide) groups is 1. The molecule has 0 radical (unpaired) electrons. The summed E-state index contributed by atoms with van der Waals surface area (Å²) in [5, 5.41) is 39.0. The molecule has 0 aliphatic rings. The van der Waals surface area contributed by atoms with Gasteiger partial charge in [0.05, 0.1) is 6.42 Å². The van der Waals surface area contributed by atoms with E-state index in [2.05, 4.69) is 47.5 Å². The number of nitrogens with one attached hydrogen (secondary N) is 8. The van der Waals surface area contributed by atoms with Crippen LogP contribution in [-0.4, -0.2) is 155 Å². The van der Waals surface area contributed by atoms with Gasteiger partial charge in [-0.3, -0.25) is 57.7 Å². The molecule has 1 rings (SSSR count). The number of primary amides is 1. The number of amides is 9. The first kappa shape index (κ1) is 63.0. The first-order valence-corrected chi connectivity index (χ1v) is 24.7. The second-order valence-corrected chi connectivity index (χ2v) is 18.1. The van der Waals surface area contributed by atoms with Crippen LogP contribution in [0.3, 0.4) is 0 Å². The molecule has 1 aromatic rings. The van der Waals surface area contributed by atoms with Crippen LogP contribution in [-0.2, 0) is 59.2 Å². The highest BCUT2D eigenvalue weighted by Crippen LogP contribution is 2.11. The molecule has 18 N–H and O–H groups in total.